The van der Waals surface area contributed by atoms with Crippen LogP contribution in [0.1, 0.15) is 5.56 Å². The zero-order chi connectivity index (χ0) is 13.0. The summed E-state index contributed by atoms with van der Waals surface area (Å²) < 4.78 is 1.56. The van der Waals surface area contributed by atoms with Crippen LogP contribution in [0.5, 0.6) is 0 Å². The van der Waals surface area contributed by atoms with Crippen LogP contribution in [0.3, 0.4) is 0 Å². The van der Waals surface area contributed by atoms with Crippen LogP contribution < -0.4 is 5.49 Å². The SMILES string of the molecule is Cc1cccc(-c2cn(/C=C/C#N)c(=N)cn2)c1. The summed E-state index contributed by atoms with van der Waals surface area (Å²) in [4.78, 5) is 4.23. The Kier molecular flexibility index (Phi) is 3.35. The van der Waals surface area contributed by atoms with Crippen molar-refractivity contribution in [2.45, 2.75) is 6.92 Å². The number of allylic oxidation sites excluding steroid dienone is 1. The largest absolute Gasteiger partial charge is 0.305 e. The third kappa shape index (κ3) is 2.53. The first-order valence-corrected chi connectivity index (χ1v) is 5.47. The Morgan fingerprint density at radius 3 is 3.00 bits per heavy atom. The van der Waals surface area contributed by atoms with Crippen LogP contribution in [-0.4, -0.2) is 9.55 Å². The minimum absolute atomic E-state index is 0.234. The number of hydrogen-bond donors (Lipinski definition) is 1. The third-order valence-electron chi connectivity index (χ3n) is 2.49. The molecule has 2 aromatic rings. The van der Waals surface area contributed by atoms with E-state index in [-0.39, 0.29) is 5.49 Å². The Morgan fingerprint density at radius 2 is 2.28 bits per heavy atom. The topological polar surface area (TPSA) is 65.5 Å². The van der Waals surface area contributed by atoms with Gasteiger partial charge in [-0.05, 0) is 13.0 Å². The molecule has 1 N–H and O–H groups in total. The van der Waals surface area contributed by atoms with E-state index in [1.807, 2.05) is 37.3 Å². The van der Waals surface area contributed by atoms with Crippen molar-refractivity contribution in [3.8, 4) is 17.3 Å². The van der Waals surface area contributed by atoms with Crippen molar-refractivity contribution in [3.63, 3.8) is 0 Å². The number of nitrogens with one attached hydrogen (secondary N) is 1. The van der Waals surface area contributed by atoms with Gasteiger partial charge < -0.3 is 4.57 Å². The molecular weight excluding hydrogens is 224 g/mol. The highest BCUT2D eigenvalue weighted by Crippen LogP contribution is 2.16. The Hall–Kier alpha value is -2.67. The van der Waals surface area contributed by atoms with E-state index in [1.165, 1.54) is 12.3 Å². The molecule has 2 rings (SSSR count). The number of aryl methyl sites for hydroxylation is 1. The smallest absolute Gasteiger partial charge is 0.147 e. The van der Waals surface area contributed by atoms with Crippen LogP contribution >= 0.6 is 0 Å². The van der Waals surface area contributed by atoms with Crippen LogP contribution in [0, 0.1) is 23.7 Å². The summed E-state index contributed by atoms with van der Waals surface area (Å²) in [6.07, 6.45) is 6.09. The number of nitrogens with zero attached hydrogens (tertiary/aromatic N) is 3. The Morgan fingerprint density at radius 1 is 1.44 bits per heavy atom. The molecule has 0 bridgehead atoms. The third-order valence-corrected chi connectivity index (χ3v) is 2.49. The van der Waals surface area contributed by atoms with Crippen molar-refractivity contribution >= 4 is 6.20 Å². The summed E-state index contributed by atoms with van der Waals surface area (Å²) in [6.45, 7) is 2.02. The van der Waals surface area contributed by atoms with Gasteiger partial charge in [0.2, 0.25) is 0 Å². The first-order chi connectivity index (χ1) is 8.70. The van der Waals surface area contributed by atoms with E-state index in [2.05, 4.69) is 4.98 Å². The lowest BCUT2D eigenvalue weighted by Crippen LogP contribution is -2.15. The molecule has 0 atom stereocenters. The second-order valence-electron chi connectivity index (χ2n) is 3.88. The van der Waals surface area contributed by atoms with E-state index in [1.54, 1.807) is 17.0 Å². The van der Waals surface area contributed by atoms with E-state index < -0.39 is 0 Å². The van der Waals surface area contributed by atoms with Gasteiger partial charge in [-0.3, -0.25) is 10.4 Å². The summed E-state index contributed by atoms with van der Waals surface area (Å²) in [5.74, 6) is 0. The fourth-order valence-electron chi connectivity index (χ4n) is 1.62. The molecule has 0 saturated carbocycles. The first kappa shape index (κ1) is 11.8. The summed E-state index contributed by atoms with van der Waals surface area (Å²) in [7, 11) is 0. The van der Waals surface area contributed by atoms with Gasteiger partial charge in [-0.25, -0.2) is 0 Å². The van der Waals surface area contributed by atoms with E-state index in [9.17, 15) is 0 Å². The second kappa shape index (κ2) is 5.11. The van der Waals surface area contributed by atoms with Gasteiger partial charge in [-0.1, -0.05) is 23.8 Å². The predicted molar refractivity (Wildman–Crippen MR) is 69.2 cm³/mol. The molecule has 0 amide bonds. The molecule has 0 fully saturated rings. The predicted octanol–water partition coefficient (Wildman–Crippen LogP) is 2.33. The molecule has 18 heavy (non-hydrogen) atoms. The van der Waals surface area contributed by atoms with Crippen LogP contribution in [0.25, 0.3) is 17.5 Å². The van der Waals surface area contributed by atoms with Crippen LogP contribution in [-0.2, 0) is 0 Å². The average Bonchev–Trinajstić information content (AvgIpc) is 2.38. The summed E-state index contributed by atoms with van der Waals surface area (Å²) in [5, 5.41) is 16.2. The van der Waals surface area contributed by atoms with E-state index in [4.69, 9.17) is 10.7 Å². The zero-order valence-corrected chi connectivity index (χ0v) is 9.96. The van der Waals surface area contributed by atoms with Gasteiger partial charge in [0.05, 0.1) is 18.0 Å². The van der Waals surface area contributed by atoms with Crippen molar-refractivity contribution in [2.24, 2.45) is 0 Å². The Balaban J connectivity index is 2.51. The highest BCUT2D eigenvalue weighted by Gasteiger charge is 2.00. The number of aromatic nitrogens is 2. The quantitative estimate of drug-likeness (QED) is 0.813. The second-order valence-corrected chi connectivity index (χ2v) is 3.88. The number of rotatable bonds is 2. The fraction of sp³-hybridized carbons (Fsp3) is 0.0714. The maximum Gasteiger partial charge on any atom is 0.147 e. The molecule has 1 heterocycles. The molecular formula is C14H12N4. The fourth-order valence-corrected chi connectivity index (χ4v) is 1.62. The van der Waals surface area contributed by atoms with Crippen LogP contribution in [0.15, 0.2) is 42.7 Å². The first-order valence-electron chi connectivity index (χ1n) is 5.47. The maximum absolute atomic E-state index is 8.51. The number of nitriles is 1. The van der Waals surface area contributed by atoms with Gasteiger partial charge in [0, 0.05) is 24.0 Å². The molecule has 0 spiro atoms. The van der Waals surface area contributed by atoms with Crippen molar-refractivity contribution in [1.82, 2.24) is 9.55 Å². The Labute approximate surface area is 105 Å². The molecule has 0 unspecified atom stereocenters. The average molecular weight is 236 g/mol. The van der Waals surface area contributed by atoms with Crippen molar-refractivity contribution in [3.05, 3.63) is 53.8 Å². The molecule has 88 valence electrons. The maximum atomic E-state index is 8.51. The van der Waals surface area contributed by atoms with Gasteiger partial charge in [-0.15, -0.1) is 0 Å². The molecule has 0 radical (unpaired) electrons. The van der Waals surface area contributed by atoms with Crippen molar-refractivity contribution in [2.75, 3.05) is 0 Å². The standard InChI is InChI=1S/C14H12N4/c1-11-4-2-5-12(8-11)13-10-18(7-3-6-15)14(16)9-17-13/h2-5,7-10,16H,1H3/b7-3+,16-14?. The van der Waals surface area contributed by atoms with Gasteiger partial charge >= 0.3 is 0 Å². The highest BCUT2D eigenvalue weighted by molar-refractivity contribution is 5.59. The van der Waals surface area contributed by atoms with Gasteiger partial charge in [0.15, 0.2) is 0 Å². The number of hydrogen-bond acceptors (Lipinski definition) is 3. The number of benzene rings is 1. The summed E-state index contributed by atoms with van der Waals surface area (Å²) >= 11 is 0. The van der Waals surface area contributed by atoms with Crippen molar-refractivity contribution < 1.29 is 0 Å². The van der Waals surface area contributed by atoms with Crippen LogP contribution in [0.4, 0.5) is 0 Å². The highest BCUT2D eigenvalue weighted by atomic mass is 15.0. The van der Waals surface area contributed by atoms with Gasteiger partial charge in [0.25, 0.3) is 0 Å². The molecule has 4 heteroatoms. The van der Waals surface area contributed by atoms with E-state index >= 15 is 0 Å². The normalized spacial score (nSPS) is 10.4. The molecule has 0 saturated heterocycles. The molecule has 0 aliphatic rings. The molecule has 1 aromatic heterocycles. The minimum atomic E-state index is 0.234. The van der Waals surface area contributed by atoms with Gasteiger partial charge in [0.1, 0.15) is 5.49 Å². The Bertz CT molecular complexity index is 689. The lowest BCUT2D eigenvalue weighted by Gasteiger charge is -2.05. The summed E-state index contributed by atoms with van der Waals surface area (Å²) in [6, 6.07) is 9.90. The molecule has 0 aliphatic carbocycles. The lowest BCUT2D eigenvalue weighted by atomic mass is 10.1. The zero-order valence-electron chi connectivity index (χ0n) is 9.96. The molecule has 1 aromatic carbocycles. The minimum Gasteiger partial charge on any atom is -0.305 e. The lowest BCUT2D eigenvalue weighted by molar-refractivity contribution is 0.943. The van der Waals surface area contributed by atoms with E-state index in [0.717, 1.165) is 16.8 Å². The summed E-state index contributed by atoms with van der Waals surface area (Å²) in [5.41, 5.74) is 3.16. The van der Waals surface area contributed by atoms with Crippen molar-refractivity contribution in [1.29, 1.82) is 10.7 Å². The van der Waals surface area contributed by atoms with E-state index in [0.29, 0.717) is 0 Å². The van der Waals surface area contributed by atoms with Gasteiger partial charge in [-0.2, -0.15) is 5.26 Å². The monoisotopic (exact) mass is 236 g/mol. The van der Waals surface area contributed by atoms with Crippen LogP contribution in [0.2, 0.25) is 0 Å². The molecule has 4 nitrogen and oxygen atoms in total. The molecule has 0 aliphatic heterocycles.